The minimum atomic E-state index is -2.61. The summed E-state index contributed by atoms with van der Waals surface area (Å²) in [6.45, 7) is -2.01. The monoisotopic (exact) mass is 865 g/mol. The molecule has 1 aliphatic heterocycles. The van der Waals surface area contributed by atoms with Gasteiger partial charge in [0.1, 0.15) is 4.83 Å². The molecule has 1 aliphatic rings. The summed E-state index contributed by atoms with van der Waals surface area (Å²) in [6.07, 6.45) is 4.49. The Kier molecular flexibility index (Phi) is 7.62. The molecule has 1 unspecified atom stereocenters. The van der Waals surface area contributed by atoms with E-state index in [9.17, 15) is 8.78 Å². The topological polar surface area (TPSA) is 56.0 Å². The molecule has 0 spiro atoms. The van der Waals surface area contributed by atoms with Crippen molar-refractivity contribution in [2.24, 2.45) is 0 Å². The molecule has 0 saturated heterocycles. The Hall–Kier alpha value is -3.24. The zero-order valence-corrected chi connectivity index (χ0v) is 30.2. The van der Waals surface area contributed by atoms with E-state index in [4.69, 9.17) is 13.5 Å². The van der Waals surface area contributed by atoms with Crippen LogP contribution in [0.3, 0.4) is 0 Å². The zero-order chi connectivity index (χ0) is 36.2. The van der Waals surface area contributed by atoms with Crippen LogP contribution < -0.4 is 9.30 Å². The zero-order valence-electron chi connectivity index (χ0n) is 30.9. The second kappa shape index (κ2) is 13.2. The third-order valence-corrected chi connectivity index (χ3v) is 12.6. The third-order valence-electron chi connectivity index (χ3n) is 7.39. The van der Waals surface area contributed by atoms with E-state index in [2.05, 4.69) is 51.2 Å². The maximum absolute atomic E-state index is 14.7. The van der Waals surface area contributed by atoms with Crippen LogP contribution in [0.1, 0.15) is 38.0 Å². The van der Waals surface area contributed by atoms with Gasteiger partial charge in [-0.1, -0.05) is 29.8 Å². The van der Waals surface area contributed by atoms with Crippen LogP contribution in [0.2, 0.25) is 17.3 Å². The van der Waals surface area contributed by atoms with Gasteiger partial charge < -0.3 is 15.2 Å². The van der Waals surface area contributed by atoms with Crippen molar-refractivity contribution in [1.29, 1.82) is 0 Å². The number of halogens is 2. The van der Waals surface area contributed by atoms with E-state index in [1.807, 2.05) is 35.5 Å². The Morgan fingerprint density at radius 1 is 1.02 bits per heavy atom. The Morgan fingerprint density at radius 2 is 1.82 bits per heavy atom. The van der Waals surface area contributed by atoms with Gasteiger partial charge in [-0.2, -0.15) is 21.8 Å². The molecule has 0 bridgehead atoms. The number of aromatic nitrogens is 3. The maximum Gasteiger partial charge on any atom is 3.00 e. The Morgan fingerprint density at radius 3 is 2.58 bits per heavy atom. The van der Waals surface area contributed by atoms with Crippen LogP contribution >= 0.6 is 11.3 Å². The minimum absolute atomic E-state index is 0. The first-order valence-corrected chi connectivity index (χ1v) is 22.2. The van der Waals surface area contributed by atoms with Gasteiger partial charge in [-0.05, 0) is 36.7 Å². The third kappa shape index (κ3) is 6.54. The summed E-state index contributed by atoms with van der Waals surface area (Å²) < 4.78 is 74.3. The number of thiophene rings is 1. The van der Waals surface area contributed by atoms with E-state index in [0.29, 0.717) is 4.83 Å². The van der Waals surface area contributed by atoms with E-state index in [1.54, 1.807) is 6.07 Å². The van der Waals surface area contributed by atoms with Gasteiger partial charge in [-0.25, -0.2) is 4.98 Å². The molecule has 2 aromatic carbocycles. The van der Waals surface area contributed by atoms with Gasteiger partial charge >= 0.3 is 145 Å². The summed E-state index contributed by atoms with van der Waals surface area (Å²) in [4.78, 5) is 16.4. The molecular formula is C35H32F2GeIrN5S. The van der Waals surface area contributed by atoms with Crippen molar-refractivity contribution in [3.05, 3.63) is 113 Å². The first-order chi connectivity index (χ1) is 23.5. The molecule has 5 heterocycles. The van der Waals surface area contributed by atoms with Crippen LogP contribution in [0.25, 0.3) is 37.0 Å². The maximum atomic E-state index is 14.7. The summed E-state index contributed by atoms with van der Waals surface area (Å²) in [7, 11) is 0. The van der Waals surface area contributed by atoms with Gasteiger partial charge in [-0.3, -0.25) is 0 Å². The van der Waals surface area contributed by atoms with Gasteiger partial charge in [0.05, 0.1) is 0 Å². The summed E-state index contributed by atoms with van der Waals surface area (Å²) in [5, 5.41) is 6.74. The molecule has 0 saturated carbocycles. The van der Waals surface area contributed by atoms with Crippen molar-refractivity contribution in [2.45, 2.75) is 44.1 Å². The molecule has 0 aliphatic carbocycles. The molecule has 0 N–H and O–H groups in total. The van der Waals surface area contributed by atoms with Crippen molar-refractivity contribution in [3.63, 3.8) is 0 Å². The summed E-state index contributed by atoms with van der Waals surface area (Å²) in [5.41, 5.74) is 2.68. The molecule has 7 rings (SSSR count). The Balaban J connectivity index is 0.000000194. The van der Waals surface area contributed by atoms with Crippen molar-refractivity contribution < 1.29 is 37.1 Å². The van der Waals surface area contributed by atoms with Gasteiger partial charge in [-0.15, -0.1) is 11.3 Å². The number of rotatable bonds is 4. The number of aryl methyl sites for hydroxylation is 2. The van der Waals surface area contributed by atoms with Gasteiger partial charge in [0, 0.05) is 17.1 Å². The normalized spacial score (nSPS) is 16.6. The first kappa shape index (κ1) is 25.9. The molecule has 10 heteroatoms. The number of pyridine rings is 3. The molecule has 0 fully saturated rings. The van der Waals surface area contributed by atoms with E-state index in [-0.39, 0.29) is 43.1 Å². The van der Waals surface area contributed by atoms with Crippen LogP contribution in [0.15, 0.2) is 66.9 Å². The second-order valence-electron chi connectivity index (χ2n) is 11.4. The van der Waals surface area contributed by atoms with Crippen LogP contribution in [0.5, 0.6) is 0 Å². The van der Waals surface area contributed by atoms with Gasteiger partial charge in [0.2, 0.25) is 5.95 Å². The molecule has 6 aromatic rings. The van der Waals surface area contributed by atoms with E-state index >= 15 is 0 Å². The molecule has 230 valence electrons. The number of para-hydroxylation sites is 2. The Bertz CT molecular complexity index is 2220. The minimum Gasteiger partial charge on any atom is 3.00 e. The fourth-order valence-electron chi connectivity index (χ4n) is 5.21. The number of anilines is 1. The number of nitrogens with zero attached hydrogens (tertiary/aromatic N) is 5. The molecule has 0 amide bonds. The molecule has 45 heavy (non-hydrogen) atoms. The fraction of sp³-hybridized carbons (Fsp3) is 0.229. The Labute approximate surface area is 291 Å². The molecule has 5 nitrogen and oxygen atoms in total. The number of hydrogen-bond acceptors (Lipinski definition) is 5. The fourth-order valence-corrected chi connectivity index (χ4v) is 8.97. The first-order valence-electron chi connectivity index (χ1n) is 17.0. The van der Waals surface area contributed by atoms with Crippen molar-refractivity contribution >= 4 is 60.8 Å². The number of fused-ring (bicyclic) bond motifs is 4. The van der Waals surface area contributed by atoms with Crippen molar-refractivity contribution in [1.82, 2.24) is 15.0 Å². The predicted octanol–water partition coefficient (Wildman–Crippen LogP) is 9.18. The largest absolute Gasteiger partial charge is 3.00 e. The average molecular weight is 864 g/mol. The molecule has 1 atom stereocenters. The number of hydrogen-bond donors (Lipinski definition) is 0. The molecule has 0 radical (unpaired) electrons. The van der Waals surface area contributed by atoms with E-state index < -0.39 is 44.3 Å². The van der Waals surface area contributed by atoms with Crippen molar-refractivity contribution in [2.75, 3.05) is 11.4 Å². The van der Waals surface area contributed by atoms with Crippen molar-refractivity contribution in [3.8, 4) is 11.3 Å². The SMILES string of the molecule is CCN1c2ccccc2[N-]C1c1[c-]nc2sc3nc(F)ccc3c2c1.[2H]C([2H])([2H])c1cc(-c2[c-]ccc(C([2H])([2H])[2H])c2F)nc[c]1[Ge]([CH3])([CH3])[CH3].[Ir+3]. The quantitative estimate of drug-likeness (QED) is 0.101. The van der Waals surface area contributed by atoms with Crippen LogP contribution in [0.4, 0.5) is 20.2 Å². The van der Waals surface area contributed by atoms with E-state index in [0.717, 1.165) is 49.5 Å². The average Bonchev–Trinajstić information content (AvgIpc) is 3.60. The standard InChI is InChI=1S/C19H13FN4S.C16H19FGeN.Ir/c1-2-24-15-6-4-3-5-14(15)22-17(24)11-9-13-12-7-8-16(20)23-19(12)25-18(13)21-10-11;1-11-7-6-8-13(16(11)17)15-9-12(2)14(10-19-15)18(3,4)5;/h3-9,17H,2H2,1H3;6-7,9-10H,1-5H3;/q-2;-1;+3/i;1D3,2D3;. The predicted molar refractivity (Wildman–Crippen MR) is 180 cm³/mol. The second-order valence-corrected chi connectivity index (χ2v) is 22.9. The van der Waals surface area contributed by atoms with Crippen LogP contribution in [-0.2, 0) is 20.1 Å². The van der Waals surface area contributed by atoms with Crippen LogP contribution in [-0.4, -0.2) is 34.8 Å². The molecule has 4 aromatic heterocycles. The summed E-state index contributed by atoms with van der Waals surface area (Å²) in [5.74, 6) is 4.73. The van der Waals surface area contributed by atoms with Gasteiger partial charge in [0.15, 0.2) is 0 Å². The van der Waals surface area contributed by atoms with Gasteiger partial charge in [0.25, 0.3) is 0 Å². The smallest absolute Gasteiger partial charge is 3.00 e. The van der Waals surface area contributed by atoms with Crippen LogP contribution in [0, 0.1) is 37.7 Å². The molecular weight excluding hydrogens is 825 g/mol. The summed E-state index contributed by atoms with van der Waals surface area (Å²) in [6, 6.07) is 19.8. The van der Waals surface area contributed by atoms with E-state index in [1.165, 1.54) is 35.7 Å². The summed E-state index contributed by atoms with van der Waals surface area (Å²) >= 11 is -1.13. The number of benzene rings is 2.